The molecule has 1 N–H and O–H groups in total. The molecule has 4 aromatic heterocycles. The molecule has 0 unspecified atom stereocenters. The number of hydrogen-bond acceptors (Lipinski definition) is 9. The minimum atomic E-state index is -0.487. The van der Waals surface area contributed by atoms with Crippen LogP contribution in [0, 0.1) is 0 Å². The summed E-state index contributed by atoms with van der Waals surface area (Å²) in [5, 5.41) is 9.87. The van der Waals surface area contributed by atoms with E-state index in [-0.39, 0.29) is 39.1 Å². The van der Waals surface area contributed by atoms with Gasteiger partial charge in [-0.25, -0.2) is 9.59 Å². The molecule has 13 heteroatoms. The fourth-order valence-electron chi connectivity index (χ4n) is 6.50. The SMILES string of the molecule is C.CC(C)c1ccccc1-c1cc2c(=O)n(CCCO)c(=O)n(C)c2cn1.COC(=O)CCn1c(=O)c2cc(-c3ccccc3C(C)C)ncc2n(C)c1=O. The summed E-state index contributed by atoms with van der Waals surface area (Å²) in [5.74, 6) is 0.144. The van der Waals surface area contributed by atoms with Gasteiger partial charge in [0.15, 0.2) is 0 Å². The third-order valence-corrected chi connectivity index (χ3v) is 9.50. The second-order valence-electron chi connectivity index (χ2n) is 13.7. The van der Waals surface area contributed by atoms with Gasteiger partial charge in [-0.1, -0.05) is 83.7 Å². The summed E-state index contributed by atoms with van der Waals surface area (Å²) >= 11 is 0. The van der Waals surface area contributed by atoms with E-state index >= 15 is 0 Å². The minimum absolute atomic E-state index is 0. The summed E-state index contributed by atoms with van der Waals surface area (Å²) in [6, 6.07) is 19.4. The van der Waals surface area contributed by atoms with Crippen LogP contribution in [0.1, 0.15) is 70.9 Å². The number of aryl methyl sites for hydroxylation is 2. The zero-order valence-corrected chi connectivity index (χ0v) is 31.7. The lowest BCUT2D eigenvalue weighted by Crippen LogP contribution is -2.39. The first-order valence-electron chi connectivity index (χ1n) is 17.9. The van der Waals surface area contributed by atoms with Gasteiger partial charge in [-0.05, 0) is 41.5 Å². The summed E-state index contributed by atoms with van der Waals surface area (Å²) in [6.07, 6.45) is 3.44. The molecule has 0 saturated heterocycles. The first kappa shape index (κ1) is 41.8. The van der Waals surface area contributed by atoms with Crippen molar-refractivity contribution < 1.29 is 14.6 Å². The Hall–Kier alpha value is -5.95. The molecule has 13 nitrogen and oxygen atoms in total. The van der Waals surface area contributed by atoms with E-state index in [1.807, 2.05) is 42.5 Å². The summed E-state index contributed by atoms with van der Waals surface area (Å²) in [7, 11) is 4.48. The van der Waals surface area contributed by atoms with Crippen molar-refractivity contribution in [3.8, 4) is 22.5 Å². The Bertz CT molecular complexity index is 2580. The molecule has 0 fully saturated rings. The molecule has 0 aliphatic heterocycles. The predicted octanol–water partition coefficient (Wildman–Crippen LogP) is 5.35. The number of aliphatic hydroxyl groups excluding tert-OH is 1. The molecule has 0 saturated carbocycles. The van der Waals surface area contributed by atoms with Crippen molar-refractivity contribution in [2.75, 3.05) is 13.7 Å². The second-order valence-corrected chi connectivity index (χ2v) is 13.7. The Morgan fingerprint density at radius 3 is 1.53 bits per heavy atom. The molecular weight excluding hydrogens is 700 g/mol. The number of carbonyl (C=O) groups excluding carboxylic acids is 1. The molecule has 0 atom stereocenters. The number of pyridine rings is 2. The van der Waals surface area contributed by atoms with Crippen LogP contribution in [0.5, 0.6) is 0 Å². The molecule has 0 aliphatic rings. The maximum absolute atomic E-state index is 13.0. The summed E-state index contributed by atoms with van der Waals surface area (Å²) in [4.78, 5) is 71.2. The number of carbonyl (C=O) groups is 1. The molecule has 55 heavy (non-hydrogen) atoms. The van der Waals surface area contributed by atoms with Gasteiger partial charge in [-0.3, -0.25) is 42.6 Å². The van der Waals surface area contributed by atoms with E-state index in [2.05, 4.69) is 48.5 Å². The standard InChI is InChI=1S/C21H23N3O4.C20H23N3O3.CH4/c1-13(2)14-7-5-6-8-15(14)17-11-16-18(12-22-17)23(3)21(27)24(20(16)26)10-9-19(25)28-4;1-13(2)14-7-4-5-8-15(14)17-11-16-18(12-21-17)22(3)20(26)23(19(16)25)9-6-10-24;/h5-8,11-13H,9-10H2,1-4H3;4-5,7-8,11-13,24H,6,9-10H2,1-3H3;1H4. The molecule has 6 rings (SSSR count). The van der Waals surface area contributed by atoms with Gasteiger partial charge < -0.3 is 9.84 Å². The molecule has 0 radical (unpaired) electrons. The number of aromatic nitrogens is 6. The fraction of sp³-hybridized carbons (Fsp3) is 0.357. The van der Waals surface area contributed by atoms with Crippen molar-refractivity contribution in [3.05, 3.63) is 126 Å². The Morgan fingerprint density at radius 1 is 0.709 bits per heavy atom. The van der Waals surface area contributed by atoms with E-state index in [0.717, 1.165) is 26.8 Å². The highest BCUT2D eigenvalue weighted by molar-refractivity contribution is 5.83. The van der Waals surface area contributed by atoms with Gasteiger partial charge in [-0.15, -0.1) is 0 Å². The van der Waals surface area contributed by atoms with E-state index < -0.39 is 22.9 Å². The monoisotopic (exact) mass is 750 g/mol. The molecular formula is C42H50N6O7. The zero-order chi connectivity index (χ0) is 39.3. The Balaban J connectivity index is 0.000000241. The summed E-state index contributed by atoms with van der Waals surface area (Å²) in [6.45, 7) is 8.52. The number of methoxy groups -OCH3 is 1. The van der Waals surface area contributed by atoms with Crippen LogP contribution in [-0.4, -0.2) is 53.0 Å². The van der Waals surface area contributed by atoms with Crippen molar-refractivity contribution in [1.82, 2.24) is 28.2 Å². The first-order valence-corrected chi connectivity index (χ1v) is 17.9. The van der Waals surface area contributed by atoms with Crippen LogP contribution in [0.2, 0.25) is 0 Å². The van der Waals surface area contributed by atoms with Crippen molar-refractivity contribution >= 4 is 27.8 Å². The number of ether oxygens (including phenoxy) is 1. The maximum atomic E-state index is 13.0. The zero-order valence-electron chi connectivity index (χ0n) is 31.7. The Morgan fingerprint density at radius 2 is 1.13 bits per heavy atom. The average molecular weight is 751 g/mol. The van der Waals surface area contributed by atoms with Crippen LogP contribution < -0.4 is 22.5 Å². The van der Waals surface area contributed by atoms with E-state index in [0.29, 0.717) is 51.5 Å². The van der Waals surface area contributed by atoms with E-state index in [9.17, 15) is 24.0 Å². The summed E-state index contributed by atoms with van der Waals surface area (Å²) < 4.78 is 9.66. The van der Waals surface area contributed by atoms with Gasteiger partial charge in [0.2, 0.25) is 0 Å². The van der Waals surface area contributed by atoms with E-state index in [1.165, 1.54) is 20.8 Å². The minimum Gasteiger partial charge on any atom is -0.469 e. The van der Waals surface area contributed by atoms with Gasteiger partial charge in [0.25, 0.3) is 11.1 Å². The van der Waals surface area contributed by atoms with Gasteiger partial charge in [0, 0.05) is 44.9 Å². The van der Waals surface area contributed by atoms with Crippen molar-refractivity contribution in [2.45, 2.75) is 72.9 Å². The lowest BCUT2D eigenvalue weighted by molar-refractivity contribution is -0.140. The predicted molar refractivity (Wildman–Crippen MR) is 217 cm³/mol. The highest BCUT2D eigenvalue weighted by Gasteiger charge is 2.17. The van der Waals surface area contributed by atoms with Gasteiger partial charge in [0.1, 0.15) is 0 Å². The Kier molecular flexibility index (Phi) is 13.6. The largest absolute Gasteiger partial charge is 0.469 e. The number of nitrogens with zero attached hydrogens (tertiary/aromatic N) is 6. The molecule has 0 amide bonds. The molecule has 290 valence electrons. The normalized spacial score (nSPS) is 11.1. The van der Waals surface area contributed by atoms with E-state index in [4.69, 9.17) is 5.11 Å². The average Bonchev–Trinajstić information content (AvgIpc) is 3.18. The molecule has 4 heterocycles. The van der Waals surface area contributed by atoms with Crippen LogP contribution >= 0.6 is 0 Å². The van der Waals surface area contributed by atoms with Gasteiger partial charge in [-0.2, -0.15) is 0 Å². The molecule has 0 bridgehead atoms. The van der Waals surface area contributed by atoms with Crippen LogP contribution in [0.15, 0.2) is 92.2 Å². The summed E-state index contributed by atoms with van der Waals surface area (Å²) in [5.41, 5.74) is 4.91. The first-order chi connectivity index (χ1) is 25.8. The molecule has 0 aliphatic carbocycles. The smallest absolute Gasteiger partial charge is 0.331 e. The lowest BCUT2D eigenvalue weighted by Gasteiger charge is -2.14. The number of rotatable bonds is 10. The highest BCUT2D eigenvalue weighted by atomic mass is 16.5. The molecule has 0 spiro atoms. The quantitative estimate of drug-likeness (QED) is 0.182. The lowest BCUT2D eigenvalue weighted by atomic mass is 9.95. The maximum Gasteiger partial charge on any atom is 0.331 e. The molecule has 6 aromatic rings. The molecule has 2 aromatic carbocycles. The van der Waals surface area contributed by atoms with Crippen LogP contribution in [-0.2, 0) is 36.7 Å². The number of aliphatic hydroxyl groups is 1. The second kappa shape index (κ2) is 17.9. The number of hydrogen-bond donors (Lipinski definition) is 1. The van der Waals surface area contributed by atoms with Gasteiger partial charge >= 0.3 is 17.3 Å². The highest BCUT2D eigenvalue weighted by Crippen LogP contribution is 2.30. The van der Waals surface area contributed by atoms with Crippen LogP contribution in [0.3, 0.4) is 0 Å². The van der Waals surface area contributed by atoms with Crippen molar-refractivity contribution in [1.29, 1.82) is 0 Å². The topological polar surface area (TPSA) is 160 Å². The van der Waals surface area contributed by atoms with E-state index in [1.54, 1.807) is 38.6 Å². The fourth-order valence-corrected chi connectivity index (χ4v) is 6.50. The van der Waals surface area contributed by atoms with Crippen LogP contribution in [0.4, 0.5) is 0 Å². The third kappa shape index (κ3) is 8.57. The van der Waals surface area contributed by atoms with Crippen molar-refractivity contribution in [3.63, 3.8) is 0 Å². The number of benzene rings is 2. The Labute approximate surface area is 319 Å². The third-order valence-electron chi connectivity index (χ3n) is 9.50. The number of esters is 1. The van der Waals surface area contributed by atoms with Crippen LogP contribution in [0.25, 0.3) is 44.3 Å². The number of fused-ring (bicyclic) bond motifs is 2. The van der Waals surface area contributed by atoms with Gasteiger partial charge in [0.05, 0.1) is 59.1 Å². The van der Waals surface area contributed by atoms with Crippen molar-refractivity contribution in [2.24, 2.45) is 14.1 Å².